The normalized spacial score (nSPS) is 21.4. The van der Waals surface area contributed by atoms with Gasteiger partial charge in [-0.15, -0.1) is 0 Å². The molecule has 0 saturated carbocycles. The van der Waals surface area contributed by atoms with Crippen LogP contribution in [0.2, 0.25) is 0 Å². The molecule has 0 amide bonds. The fourth-order valence-electron chi connectivity index (χ4n) is 2.41. The number of benzene rings is 1. The van der Waals surface area contributed by atoms with E-state index in [1.165, 1.54) is 22.5 Å². The van der Waals surface area contributed by atoms with Crippen molar-refractivity contribution < 1.29 is 18.3 Å². The molecule has 1 aromatic rings. The third-order valence-corrected chi connectivity index (χ3v) is 5.20. The largest absolute Gasteiger partial charge is 0.508 e. The van der Waals surface area contributed by atoms with E-state index < -0.39 is 10.0 Å². The predicted molar refractivity (Wildman–Crippen MR) is 71.5 cm³/mol. The van der Waals surface area contributed by atoms with Gasteiger partial charge in [-0.25, -0.2) is 8.42 Å². The average Bonchev–Trinajstić information content (AvgIpc) is 2.39. The van der Waals surface area contributed by atoms with Crippen LogP contribution in [0.3, 0.4) is 0 Å². The van der Waals surface area contributed by atoms with E-state index in [1.54, 1.807) is 13.2 Å². The molecule has 1 atom stereocenters. The van der Waals surface area contributed by atoms with E-state index in [-0.39, 0.29) is 16.6 Å². The quantitative estimate of drug-likeness (QED) is 0.909. The Kier molecular flexibility index (Phi) is 4.44. The fraction of sp³-hybridized carbons (Fsp3) is 0.538. The van der Waals surface area contributed by atoms with Crippen LogP contribution in [-0.2, 0) is 14.8 Å². The summed E-state index contributed by atoms with van der Waals surface area (Å²) in [4.78, 5) is 0.144. The van der Waals surface area contributed by atoms with Crippen molar-refractivity contribution in [1.82, 2.24) is 4.31 Å². The maximum absolute atomic E-state index is 12.5. The van der Waals surface area contributed by atoms with Gasteiger partial charge in [0.25, 0.3) is 0 Å². The monoisotopic (exact) mass is 285 g/mol. The minimum atomic E-state index is -3.52. The van der Waals surface area contributed by atoms with Crippen molar-refractivity contribution in [1.29, 1.82) is 0 Å². The highest BCUT2D eigenvalue weighted by molar-refractivity contribution is 7.89. The zero-order valence-corrected chi connectivity index (χ0v) is 11.8. The number of phenolic OH excluding ortho intramolecular Hbond substituents is 1. The Morgan fingerprint density at radius 2 is 2.26 bits per heavy atom. The summed E-state index contributed by atoms with van der Waals surface area (Å²) in [5.41, 5.74) is 0. The molecule has 1 unspecified atom stereocenters. The van der Waals surface area contributed by atoms with E-state index in [4.69, 9.17) is 4.74 Å². The standard InChI is InChI=1S/C13H19NO4S/c1-18-10-11-4-3-7-14(9-11)19(16,17)13-6-2-5-12(15)8-13/h2,5-6,8,11,15H,3-4,7,9-10H2,1H3. The summed E-state index contributed by atoms with van der Waals surface area (Å²) in [6.45, 7) is 1.58. The highest BCUT2D eigenvalue weighted by Gasteiger charge is 2.30. The van der Waals surface area contributed by atoms with Gasteiger partial charge in [0.2, 0.25) is 10.0 Å². The van der Waals surface area contributed by atoms with Gasteiger partial charge < -0.3 is 9.84 Å². The SMILES string of the molecule is COCC1CCCN(S(=O)(=O)c2cccc(O)c2)C1. The van der Waals surface area contributed by atoms with Crippen molar-refractivity contribution in [3.63, 3.8) is 0 Å². The number of piperidine rings is 1. The first kappa shape index (κ1) is 14.3. The minimum absolute atomic E-state index is 0.0356. The molecule has 0 aromatic heterocycles. The van der Waals surface area contributed by atoms with Crippen molar-refractivity contribution in [3.8, 4) is 5.75 Å². The van der Waals surface area contributed by atoms with Gasteiger partial charge in [-0.3, -0.25) is 0 Å². The number of rotatable bonds is 4. The molecule has 2 rings (SSSR count). The number of hydrogen-bond acceptors (Lipinski definition) is 4. The number of sulfonamides is 1. The highest BCUT2D eigenvalue weighted by Crippen LogP contribution is 2.25. The van der Waals surface area contributed by atoms with Gasteiger partial charge in [-0.1, -0.05) is 6.07 Å². The summed E-state index contributed by atoms with van der Waals surface area (Å²) in [5, 5.41) is 9.41. The number of methoxy groups -OCH3 is 1. The van der Waals surface area contributed by atoms with E-state index >= 15 is 0 Å². The van der Waals surface area contributed by atoms with Crippen LogP contribution in [0.1, 0.15) is 12.8 Å². The molecule has 106 valence electrons. The third-order valence-electron chi connectivity index (χ3n) is 3.34. The van der Waals surface area contributed by atoms with Gasteiger partial charge in [0.15, 0.2) is 0 Å². The summed E-state index contributed by atoms with van der Waals surface area (Å²) in [6.07, 6.45) is 1.83. The first-order valence-electron chi connectivity index (χ1n) is 6.32. The Hall–Kier alpha value is -1.11. The Morgan fingerprint density at radius 3 is 2.95 bits per heavy atom. The van der Waals surface area contributed by atoms with Crippen LogP contribution in [0.5, 0.6) is 5.75 Å². The smallest absolute Gasteiger partial charge is 0.243 e. The van der Waals surface area contributed by atoms with E-state index in [9.17, 15) is 13.5 Å². The second-order valence-corrected chi connectivity index (χ2v) is 6.76. The van der Waals surface area contributed by atoms with Crippen LogP contribution in [0.15, 0.2) is 29.2 Å². The zero-order valence-electron chi connectivity index (χ0n) is 10.9. The van der Waals surface area contributed by atoms with E-state index in [0.717, 1.165) is 12.8 Å². The summed E-state index contributed by atoms with van der Waals surface area (Å²) >= 11 is 0. The molecular weight excluding hydrogens is 266 g/mol. The fourth-order valence-corrected chi connectivity index (χ4v) is 4.00. The Morgan fingerprint density at radius 1 is 1.47 bits per heavy atom. The summed E-state index contributed by atoms with van der Waals surface area (Å²) in [5.74, 6) is 0.206. The molecule has 1 N–H and O–H groups in total. The Bertz CT molecular complexity index is 527. The van der Waals surface area contributed by atoms with Gasteiger partial charge in [0.1, 0.15) is 5.75 Å². The molecule has 1 saturated heterocycles. The molecule has 19 heavy (non-hydrogen) atoms. The van der Waals surface area contributed by atoms with Gasteiger partial charge in [-0.05, 0) is 37.0 Å². The van der Waals surface area contributed by atoms with Gasteiger partial charge in [0, 0.05) is 20.2 Å². The van der Waals surface area contributed by atoms with Crippen LogP contribution in [0, 0.1) is 5.92 Å². The lowest BCUT2D eigenvalue weighted by Crippen LogP contribution is -2.41. The number of hydrogen-bond donors (Lipinski definition) is 1. The molecule has 0 bridgehead atoms. The minimum Gasteiger partial charge on any atom is -0.508 e. The van der Waals surface area contributed by atoms with Crippen LogP contribution in [-0.4, -0.2) is 44.6 Å². The predicted octanol–water partition coefficient (Wildman–Crippen LogP) is 1.44. The van der Waals surface area contributed by atoms with Crippen LogP contribution in [0.25, 0.3) is 0 Å². The lowest BCUT2D eigenvalue weighted by molar-refractivity contribution is 0.118. The summed E-state index contributed by atoms with van der Waals surface area (Å²) in [7, 11) is -1.89. The molecule has 1 heterocycles. The van der Waals surface area contributed by atoms with Crippen molar-refractivity contribution in [2.45, 2.75) is 17.7 Å². The molecule has 0 radical (unpaired) electrons. The lowest BCUT2D eigenvalue weighted by atomic mass is 10.0. The maximum atomic E-state index is 12.5. The highest BCUT2D eigenvalue weighted by atomic mass is 32.2. The molecule has 1 aliphatic heterocycles. The van der Waals surface area contributed by atoms with Crippen molar-refractivity contribution in [2.24, 2.45) is 5.92 Å². The van der Waals surface area contributed by atoms with Gasteiger partial charge in [-0.2, -0.15) is 4.31 Å². The number of ether oxygens (including phenoxy) is 1. The van der Waals surface area contributed by atoms with Crippen LogP contribution < -0.4 is 0 Å². The van der Waals surface area contributed by atoms with Gasteiger partial charge >= 0.3 is 0 Å². The molecule has 0 spiro atoms. The summed E-state index contributed by atoms with van der Waals surface area (Å²) < 4.78 is 31.5. The molecule has 5 nitrogen and oxygen atoms in total. The Labute approximate surface area is 113 Å². The molecule has 1 aliphatic rings. The average molecular weight is 285 g/mol. The van der Waals surface area contributed by atoms with E-state index in [1.807, 2.05) is 0 Å². The third kappa shape index (κ3) is 3.26. The number of aromatic hydroxyl groups is 1. The van der Waals surface area contributed by atoms with Crippen molar-refractivity contribution in [3.05, 3.63) is 24.3 Å². The zero-order chi connectivity index (χ0) is 13.9. The first-order chi connectivity index (χ1) is 9.04. The van der Waals surface area contributed by atoms with E-state index in [2.05, 4.69) is 0 Å². The van der Waals surface area contributed by atoms with Crippen LogP contribution in [0.4, 0.5) is 0 Å². The van der Waals surface area contributed by atoms with Crippen molar-refractivity contribution in [2.75, 3.05) is 26.8 Å². The second-order valence-electron chi connectivity index (χ2n) is 4.82. The lowest BCUT2D eigenvalue weighted by Gasteiger charge is -2.31. The maximum Gasteiger partial charge on any atom is 0.243 e. The second kappa shape index (κ2) is 5.90. The summed E-state index contributed by atoms with van der Waals surface area (Å²) in [6, 6.07) is 5.80. The Balaban J connectivity index is 2.19. The van der Waals surface area contributed by atoms with E-state index in [0.29, 0.717) is 19.7 Å². The molecule has 6 heteroatoms. The number of phenols is 1. The molecule has 0 aliphatic carbocycles. The molecular formula is C13H19NO4S. The molecule has 1 aromatic carbocycles. The topological polar surface area (TPSA) is 66.8 Å². The molecule has 1 fully saturated rings. The first-order valence-corrected chi connectivity index (χ1v) is 7.76. The van der Waals surface area contributed by atoms with Gasteiger partial charge in [0.05, 0.1) is 11.5 Å². The van der Waals surface area contributed by atoms with Crippen molar-refractivity contribution >= 4 is 10.0 Å². The van der Waals surface area contributed by atoms with Crippen LogP contribution >= 0.6 is 0 Å². The number of nitrogens with zero attached hydrogens (tertiary/aromatic N) is 1.